The Hall–Kier alpha value is -5.61. The van der Waals surface area contributed by atoms with Crippen molar-refractivity contribution in [3.63, 3.8) is 0 Å². The molecule has 0 spiro atoms. The van der Waals surface area contributed by atoms with Crippen molar-refractivity contribution in [2.75, 3.05) is 4.90 Å². The summed E-state index contributed by atoms with van der Waals surface area (Å²) in [7, 11) is 0. The summed E-state index contributed by atoms with van der Waals surface area (Å²) in [5.74, 6) is 2.20. The SMILES string of the molecule is CC1(C)C2=CC3C(C=C2c2ccccc21)c1cc(-c2nc(-c4ccccc4)nc(-c4ccccc4)n2)ccc1N3c1ccccc1. The molecule has 0 fully saturated rings. The van der Waals surface area contributed by atoms with Crippen molar-refractivity contribution >= 4 is 16.9 Å². The fourth-order valence-electron chi connectivity index (χ4n) is 7.61. The van der Waals surface area contributed by atoms with Gasteiger partial charge >= 0.3 is 0 Å². The van der Waals surface area contributed by atoms with E-state index in [4.69, 9.17) is 15.0 Å². The van der Waals surface area contributed by atoms with Crippen molar-refractivity contribution in [2.45, 2.75) is 31.2 Å². The van der Waals surface area contributed by atoms with Crippen molar-refractivity contribution in [1.29, 1.82) is 0 Å². The van der Waals surface area contributed by atoms with E-state index in [2.05, 4.69) is 128 Å². The predicted octanol–water partition coefficient (Wildman–Crippen LogP) is 9.79. The van der Waals surface area contributed by atoms with Crippen LogP contribution < -0.4 is 4.90 Å². The maximum atomic E-state index is 5.04. The van der Waals surface area contributed by atoms with Gasteiger partial charge in [0.25, 0.3) is 0 Å². The lowest BCUT2D eigenvalue weighted by Crippen LogP contribution is -2.31. The highest BCUT2D eigenvalue weighted by Gasteiger charge is 2.46. The maximum absolute atomic E-state index is 5.04. The van der Waals surface area contributed by atoms with Crippen LogP contribution in [0.4, 0.5) is 11.4 Å². The minimum absolute atomic E-state index is 0.0533. The van der Waals surface area contributed by atoms with Crippen molar-refractivity contribution in [3.05, 3.63) is 168 Å². The smallest absolute Gasteiger partial charge is 0.164 e. The molecular formula is C42H32N4. The van der Waals surface area contributed by atoms with E-state index >= 15 is 0 Å². The molecule has 6 aromatic rings. The van der Waals surface area contributed by atoms with Gasteiger partial charge in [-0.05, 0) is 58.2 Å². The summed E-state index contributed by atoms with van der Waals surface area (Å²) < 4.78 is 0. The number of para-hydroxylation sites is 1. The van der Waals surface area contributed by atoms with Crippen molar-refractivity contribution < 1.29 is 0 Å². The minimum Gasteiger partial charge on any atom is -0.333 e. The third-order valence-corrected chi connectivity index (χ3v) is 9.84. The van der Waals surface area contributed by atoms with E-state index in [1.54, 1.807) is 0 Å². The molecule has 0 amide bonds. The van der Waals surface area contributed by atoms with Gasteiger partial charge in [0.15, 0.2) is 17.5 Å². The van der Waals surface area contributed by atoms with Gasteiger partial charge in [-0.1, -0.05) is 129 Å². The fourth-order valence-corrected chi connectivity index (χ4v) is 7.61. The molecule has 3 aliphatic rings. The molecule has 1 aliphatic heterocycles. The van der Waals surface area contributed by atoms with E-state index < -0.39 is 0 Å². The summed E-state index contributed by atoms with van der Waals surface area (Å²) in [5.41, 5.74) is 12.1. The molecule has 220 valence electrons. The number of nitrogens with zero attached hydrogens (tertiary/aromatic N) is 4. The van der Waals surface area contributed by atoms with Gasteiger partial charge < -0.3 is 4.90 Å². The highest BCUT2D eigenvalue weighted by Crippen LogP contribution is 2.57. The van der Waals surface area contributed by atoms with Crippen LogP contribution in [0.3, 0.4) is 0 Å². The van der Waals surface area contributed by atoms with E-state index in [0.29, 0.717) is 17.5 Å². The summed E-state index contributed by atoms with van der Waals surface area (Å²) in [6.45, 7) is 4.72. The molecule has 2 unspecified atom stereocenters. The van der Waals surface area contributed by atoms with Crippen LogP contribution in [-0.4, -0.2) is 21.0 Å². The number of hydrogen-bond acceptors (Lipinski definition) is 4. The number of hydrogen-bond donors (Lipinski definition) is 0. The summed E-state index contributed by atoms with van der Waals surface area (Å²) in [5, 5.41) is 0. The van der Waals surface area contributed by atoms with Gasteiger partial charge in [0.1, 0.15) is 0 Å². The van der Waals surface area contributed by atoms with Crippen LogP contribution in [-0.2, 0) is 5.41 Å². The van der Waals surface area contributed by atoms with Crippen LogP contribution >= 0.6 is 0 Å². The van der Waals surface area contributed by atoms with Crippen molar-refractivity contribution in [2.24, 2.45) is 0 Å². The average Bonchev–Trinajstić information content (AvgIpc) is 3.56. The predicted molar refractivity (Wildman–Crippen MR) is 187 cm³/mol. The monoisotopic (exact) mass is 592 g/mol. The third-order valence-electron chi connectivity index (χ3n) is 9.84. The second kappa shape index (κ2) is 10.2. The Morgan fingerprint density at radius 3 is 1.78 bits per heavy atom. The molecule has 2 aliphatic carbocycles. The number of anilines is 2. The second-order valence-corrected chi connectivity index (χ2v) is 12.9. The molecule has 2 heterocycles. The molecule has 5 aromatic carbocycles. The minimum atomic E-state index is -0.0533. The summed E-state index contributed by atoms with van der Waals surface area (Å²) >= 11 is 0. The normalized spacial score (nSPS) is 18.6. The zero-order chi connectivity index (χ0) is 30.8. The molecule has 46 heavy (non-hydrogen) atoms. The van der Waals surface area contributed by atoms with Gasteiger partial charge in [-0.3, -0.25) is 0 Å². The molecule has 1 aromatic heterocycles. The molecule has 0 saturated heterocycles. The Kier molecular flexibility index (Phi) is 5.94. The Bertz CT molecular complexity index is 2120. The van der Waals surface area contributed by atoms with Gasteiger partial charge in [0.2, 0.25) is 0 Å². The largest absolute Gasteiger partial charge is 0.333 e. The molecular weight excluding hydrogens is 560 g/mol. The highest BCUT2D eigenvalue weighted by atomic mass is 15.2. The van der Waals surface area contributed by atoms with E-state index in [1.807, 2.05) is 36.4 Å². The van der Waals surface area contributed by atoms with Crippen LogP contribution in [0.25, 0.3) is 39.7 Å². The average molecular weight is 593 g/mol. The standard InChI is InChI=1S/C42H32N4/c1-42(2)35-21-13-12-20-31(35)32-25-34-33-24-29(22-23-37(33)46(38(34)26-36(32)42)30-18-10-5-11-19-30)41-44-39(27-14-6-3-7-15-27)43-40(45-41)28-16-8-4-9-17-28/h3-26,34,38H,1-2H3. The molecule has 9 rings (SSSR count). The number of rotatable bonds is 4. The topological polar surface area (TPSA) is 41.9 Å². The number of fused-ring (bicyclic) bond motifs is 6. The van der Waals surface area contributed by atoms with Crippen LogP contribution in [0.15, 0.2) is 151 Å². The van der Waals surface area contributed by atoms with E-state index in [1.165, 1.54) is 39.2 Å². The van der Waals surface area contributed by atoms with Crippen LogP contribution in [0.5, 0.6) is 0 Å². The Morgan fingerprint density at radius 1 is 0.565 bits per heavy atom. The van der Waals surface area contributed by atoms with Crippen LogP contribution in [0.2, 0.25) is 0 Å². The van der Waals surface area contributed by atoms with Gasteiger partial charge in [-0.25, -0.2) is 15.0 Å². The Balaban J connectivity index is 1.23. The van der Waals surface area contributed by atoms with Gasteiger partial charge in [0, 0.05) is 39.4 Å². The third kappa shape index (κ3) is 4.10. The molecule has 2 atom stereocenters. The van der Waals surface area contributed by atoms with Crippen molar-refractivity contribution in [1.82, 2.24) is 15.0 Å². The van der Waals surface area contributed by atoms with Gasteiger partial charge in [-0.15, -0.1) is 0 Å². The van der Waals surface area contributed by atoms with Crippen LogP contribution in [0.1, 0.15) is 36.5 Å². The van der Waals surface area contributed by atoms with Crippen molar-refractivity contribution in [3.8, 4) is 34.2 Å². The lowest BCUT2D eigenvalue weighted by Gasteiger charge is -2.33. The molecule has 0 N–H and O–H groups in total. The van der Waals surface area contributed by atoms with Gasteiger partial charge in [0.05, 0.1) is 6.04 Å². The first kappa shape index (κ1) is 26.8. The maximum Gasteiger partial charge on any atom is 0.164 e. The quantitative estimate of drug-likeness (QED) is 0.204. The zero-order valence-corrected chi connectivity index (χ0v) is 25.8. The Labute approximate surface area is 269 Å². The lowest BCUT2D eigenvalue weighted by atomic mass is 9.77. The Morgan fingerprint density at radius 2 is 1.13 bits per heavy atom. The molecule has 0 radical (unpaired) electrons. The fraction of sp³-hybridized carbons (Fsp3) is 0.119. The first-order valence-corrected chi connectivity index (χ1v) is 16.0. The number of allylic oxidation sites excluding steroid dienone is 2. The number of aromatic nitrogens is 3. The van der Waals surface area contributed by atoms with E-state index in [-0.39, 0.29) is 17.4 Å². The van der Waals surface area contributed by atoms with E-state index in [0.717, 1.165) is 16.7 Å². The molecule has 4 nitrogen and oxygen atoms in total. The first-order valence-electron chi connectivity index (χ1n) is 16.0. The van der Waals surface area contributed by atoms with Gasteiger partial charge in [-0.2, -0.15) is 0 Å². The number of benzene rings is 5. The zero-order valence-electron chi connectivity index (χ0n) is 25.8. The first-order chi connectivity index (χ1) is 22.6. The molecule has 0 bridgehead atoms. The second-order valence-electron chi connectivity index (χ2n) is 12.9. The highest BCUT2D eigenvalue weighted by molar-refractivity contribution is 5.93. The summed E-state index contributed by atoms with van der Waals surface area (Å²) in [4.78, 5) is 17.5. The molecule has 4 heteroatoms. The summed E-state index contributed by atoms with van der Waals surface area (Å²) in [6.07, 6.45) is 5.06. The van der Waals surface area contributed by atoms with E-state index in [9.17, 15) is 0 Å². The lowest BCUT2D eigenvalue weighted by molar-refractivity contribution is 0.639. The van der Waals surface area contributed by atoms with Crippen LogP contribution in [0, 0.1) is 0 Å². The summed E-state index contributed by atoms with van der Waals surface area (Å²) in [6, 6.07) is 46.9. The molecule has 0 saturated carbocycles.